The molecule has 1 aromatic rings. The average Bonchev–Trinajstić information content (AvgIpc) is 2.38. The van der Waals surface area contributed by atoms with Crippen LogP contribution in [0.25, 0.3) is 0 Å². The maximum atomic E-state index is 10.5. The van der Waals surface area contributed by atoms with E-state index < -0.39 is 14.2 Å². The van der Waals surface area contributed by atoms with Crippen molar-refractivity contribution in [2.45, 2.75) is 51.9 Å². The van der Waals surface area contributed by atoms with Gasteiger partial charge >= 0.3 is 0 Å². The van der Waals surface area contributed by atoms with Gasteiger partial charge in [0.1, 0.15) is 8.07 Å². The molecule has 1 aromatic carbocycles. The Hall–Kier alpha value is -1.04. The number of benzene rings is 1. The molecule has 0 bridgehead atoms. The number of rotatable bonds is 5. The minimum atomic E-state index is -1.38. The van der Waals surface area contributed by atoms with E-state index in [0.29, 0.717) is 0 Å². The Morgan fingerprint density at radius 1 is 1.16 bits per heavy atom. The van der Waals surface area contributed by atoms with Crippen LogP contribution in [0.5, 0.6) is 0 Å². The van der Waals surface area contributed by atoms with Crippen molar-refractivity contribution in [2.75, 3.05) is 0 Å². The third-order valence-corrected chi connectivity index (χ3v) is 3.92. The van der Waals surface area contributed by atoms with Gasteiger partial charge in [-0.2, -0.15) is 0 Å². The van der Waals surface area contributed by atoms with Gasteiger partial charge in [-0.3, -0.25) is 0 Å². The Labute approximate surface area is 119 Å². The lowest BCUT2D eigenvalue weighted by atomic mass is 9.92. The van der Waals surface area contributed by atoms with Gasteiger partial charge in [0.15, 0.2) is 0 Å². The Kier molecular flexibility index (Phi) is 6.34. The zero-order chi connectivity index (χ0) is 14.3. The van der Waals surface area contributed by atoms with Crippen LogP contribution in [-0.4, -0.2) is 13.2 Å². The van der Waals surface area contributed by atoms with E-state index in [9.17, 15) is 5.11 Å². The molecule has 0 saturated heterocycles. The molecule has 2 atom stereocenters. The number of unbranched alkanes of at least 4 members (excludes halogenated alkanes) is 1. The lowest BCUT2D eigenvalue weighted by Gasteiger charge is -2.19. The lowest BCUT2D eigenvalue weighted by Crippen LogP contribution is -2.18. The standard InChI is InChI=1S/C17H26OSi/c1-5-6-10-16(13-14-19(2,3)4)17(18)15-11-8-7-9-12-15/h7-9,11-12,16-18H,5-6,10H2,1-4H3/t16-,17-/m1/s1. The Balaban J connectivity index is 2.86. The molecule has 1 N–H and O–H groups in total. The molecule has 0 aliphatic carbocycles. The summed E-state index contributed by atoms with van der Waals surface area (Å²) in [5, 5.41) is 10.5. The second-order valence-corrected chi connectivity index (χ2v) is 10.9. The third-order valence-electron chi connectivity index (χ3n) is 3.02. The molecule has 0 fully saturated rings. The Bertz CT molecular complexity index is 422. The second kappa shape index (κ2) is 7.52. The van der Waals surface area contributed by atoms with E-state index in [0.717, 1.165) is 24.8 Å². The minimum absolute atomic E-state index is 0.0640. The molecule has 0 spiro atoms. The number of hydrogen-bond acceptors (Lipinski definition) is 1. The SMILES string of the molecule is CCCC[C@H](C#C[Si](C)(C)C)[C@H](O)c1ccccc1. The van der Waals surface area contributed by atoms with E-state index >= 15 is 0 Å². The maximum Gasteiger partial charge on any atom is 0.129 e. The van der Waals surface area contributed by atoms with Crippen molar-refractivity contribution in [3.8, 4) is 11.5 Å². The van der Waals surface area contributed by atoms with Crippen LogP contribution >= 0.6 is 0 Å². The van der Waals surface area contributed by atoms with Crippen LogP contribution in [0, 0.1) is 17.4 Å². The van der Waals surface area contributed by atoms with Crippen LogP contribution < -0.4 is 0 Å². The lowest BCUT2D eigenvalue weighted by molar-refractivity contribution is 0.130. The van der Waals surface area contributed by atoms with E-state index in [1.807, 2.05) is 30.3 Å². The Morgan fingerprint density at radius 2 is 1.79 bits per heavy atom. The van der Waals surface area contributed by atoms with Gasteiger partial charge in [0.25, 0.3) is 0 Å². The highest BCUT2D eigenvalue weighted by Gasteiger charge is 2.19. The predicted molar refractivity (Wildman–Crippen MR) is 85.5 cm³/mol. The van der Waals surface area contributed by atoms with Gasteiger partial charge in [0.2, 0.25) is 0 Å². The first kappa shape index (κ1) is 16.0. The van der Waals surface area contributed by atoms with Crippen molar-refractivity contribution in [3.05, 3.63) is 35.9 Å². The highest BCUT2D eigenvalue weighted by molar-refractivity contribution is 6.83. The molecule has 0 aliphatic heterocycles. The molecular weight excluding hydrogens is 248 g/mol. The van der Waals surface area contributed by atoms with Crippen LogP contribution in [0.3, 0.4) is 0 Å². The molecule has 2 heteroatoms. The molecule has 1 nitrogen and oxygen atoms in total. The summed E-state index contributed by atoms with van der Waals surface area (Å²) in [6.45, 7) is 8.90. The van der Waals surface area contributed by atoms with Gasteiger partial charge < -0.3 is 5.11 Å². The first-order valence-corrected chi connectivity index (χ1v) is 10.7. The number of aliphatic hydroxyl groups excluding tert-OH is 1. The monoisotopic (exact) mass is 274 g/mol. The predicted octanol–water partition coefficient (Wildman–Crippen LogP) is 4.41. The van der Waals surface area contributed by atoms with Crippen LogP contribution in [0.2, 0.25) is 19.6 Å². The van der Waals surface area contributed by atoms with Crippen molar-refractivity contribution >= 4 is 8.07 Å². The number of hydrogen-bond donors (Lipinski definition) is 1. The third kappa shape index (κ3) is 6.09. The van der Waals surface area contributed by atoms with Crippen molar-refractivity contribution in [1.29, 1.82) is 0 Å². The smallest absolute Gasteiger partial charge is 0.129 e. The summed E-state index contributed by atoms with van der Waals surface area (Å²) in [7, 11) is -1.38. The molecule has 104 valence electrons. The fourth-order valence-electron chi connectivity index (χ4n) is 1.92. The van der Waals surface area contributed by atoms with Crippen LogP contribution in [0.15, 0.2) is 30.3 Å². The molecule has 0 unspecified atom stereocenters. The summed E-state index contributed by atoms with van der Waals surface area (Å²) in [4.78, 5) is 0. The van der Waals surface area contributed by atoms with Gasteiger partial charge in [-0.1, -0.05) is 69.7 Å². The van der Waals surface area contributed by atoms with Crippen LogP contribution in [0.4, 0.5) is 0 Å². The summed E-state index contributed by atoms with van der Waals surface area (Å²) >= 11 is 0. The van der Waals surface area contributed by atoms with E-state index in [4.69, 9.17) is 0 Å². The van der Waals surface area contributed by atoms with Gasteiger partial charge in [-0.25, -0.2) is 0 Å². The van der Waals surface area contributed by atoms with Crippen molar-refractivity contribution < 1.29 is 5.11 Å². The normalized spacial score (nSPS) is 14.4. The van der Waals surface area contributed by atoms with Crippen molar-refractivity contribution in [2.24, 2.45) is 5.92 Å². The fraction of sp³-hybridized carbons (Fsp3) is 0.529. The average molecular weight is 274 g/mol. The second-order valence-electron chi connectivity index (χ2n) is 6.12. The molecule has 0 saturated carbocycles. The molecule has 0 heterocycles. The molecule has 0 amide bonds. The zero-order valence-corrected chi connectivity index (χ0v) is 13.6. The minimum Gasteiger partial charge on any atom is -0.387 e. The molecule has 19 heavy (non-hydrogen) atoms. The summed E-state index contributed by atoms with van der Waals surface area (Å²) < 4.78 is 0. The van der Waals surface area contributed by atoms with Gasteiger partial charge in [0.05, 0.1) is 6.10 Å². The van der Waals surface area contributed by atoms with E-state index in [1.165, 1.54) is 0 Å². The van der Waals surface area contributed by atoms with Gasteiger partial charge in [-0.05, 0) is 12.0 Å². The topological polar surface area (TPSA) is 20.2 Å². The van der Waals surface area contributed by atoms with Crippen LogP contribution in [0.1, 0.15) is 37.9 Å². The first-order valence-electron chi connectivity index (χ1n) is 7.19. The molecular formula is C17H26OSi. The number of aliphatic hydroxyl groups is 1. The van der Waals surface area contributed by atoms with Crippen LogP contribution in [-0.2, 0) is 0 Å². The van der Waals surface area contributed by atoms with Crippen molar-refractivity contribution in [3.63, 3.8) is 0 Å². The van der Waals surface area contributed by atoms with Gasteiger partial charge in [0, 0.05) is 5.92 Å². The fourth-order valence-corrected chi connectivity index (χ4v) is 2.54. The van der Waals surface area contributed by atoms with E-state index in [-0.39, 0.29) is 5.92 Å². The largest absolute Gasteiger partial charge is 0.387 e. The van der Waals surface area contributed by atoms with Gasteiger partial charge in [-0.15, -0.1) is 11.5 Å². The quantitative estimate of drug-likeness (QED) is 0.623. The highest BCUT2D eigenvalue weighted by atomic mass is 28.3. The molecule has 0 aromatic heterocycles. The van der Waals surface area contributed by atoms with Crippen molar-refractivity contribution in [1.82, 2.24) is 0 Å². The molecule has 0 aliphatic rings. The van der Waals surface area contributed by atoms with E-state index in [2.05, 4.69) is 38.0 Å². The van der Waals surface area contributed by atoms with E-state index in [1.54, 1.807) is 0 Å². The molecule has 0 radical (unpaired) electrons. The maximum absolute atomic E-state index is 10.5. The molecule has 1 rings (SSSR count). The highest BCUT2D eigenvalue weighted by Crippen LogP contribution is 2.25. The summed E-state index contributed by atoms with van der Waals surface area (Å²) in [6.07, 6.45) is 2.78. The summed E-state index contributed by atoms with van der Waals surface area (Å²) in [5.41, 5.74) is 4.39. The Morgan fingerprint density at radius 3 is 2.32 bits per heavy atom. The summed E-state index contributed by atoms with van der Waals surface area (Å²) in [5.74, 6) is 3.42. The first-order chi connectivity index (χ1) is 8.94. The zero-order valence-electron chi connectivity index (χ0n) is 12.6. The summed E-state index contributed by atoms with van der Waals surface area (Å²) in [6, 6.07) is 9.90.